The van der Waals surface area contributed by atoms with Crippen LogP contribution in [0.15, 0.2) is 53.0 Å². The lowest BCUT2D eigenvalue weighted by atomic mass is 10.0. The average molecular weight is 366 g/mol. The second kappa shape index (κ2) is 5.36. The van der Waals surface area contributed by atoms with Crippen molar-refractivity contribution in [2.45, 2.75) is 12.6 Å². The number of nitrogens with zero attached hydrogens (tertiary/aromatic N) is 1. The Morgan fingerprint density at radius 2 is 1.71 bits per heavy atom. The Morgan fingerprint density at radius 3 is 2.33 bits per heavy atom. The summed E-state index contributed by atoms with van der Waals surface area (Å²) in [5.74, 6) is -0.257. The highest BCUT2D eigenvalue weighted by Gasteiger charge is 2.38. The summed E-state index contributed by atoms with van der Waals surface area (Å²) in [7, 11) is 0. The summed E-state index contributed by atoms with van der Waals surface area (Å²) in [5.41, 5.74) is 4.60. The van der Waals surface area contributed by atoms with Gasteiger partial charge in [-0.2, -0.15) is 5.43 Å². The third kappa shape index (κ3) is 2.79. The molecule has 2 aromatic carbocycles. The Hall–Kier alpha value is -1.50. The summed E-state index contributed by atoms with van der Waals surface area (Å²) in [5, 5.41) is 5.63. The molecule has 1 fully saturated rings. The maximum Gasteiger partial charge on any atom is 0.190 e. The van der Waals surface area contributed by atoms with Gasteiger partial charge in [-0.15, -0.1) is 0 Å². The molecule has 1 saturated heterocycles. The zero-order chi connectivity index (χ0) is 15.0. The van der Waals surface area contributed by atoms with Gasteiger partial charge in [-0.25, -0.2) is 9.40 Å². The van der Waals surface area contributed by atoms with Crippen LogP contribution in [0.3, 0.4) is 0 Å². The van der Waals surface area contributed by atoms with Crippen molar-refractivity contribution in [2.24, 2.45) is 0 Å². The molecule has 108 valence electrons. The monoisotopic (exact) mass is 365 g/mol. The maximum absolute atomic E-state index is 13.1. The standard InChI is InChI=1S/C15H13BrFN3S/c1-15(10-2-6-12(17)7-3-10)18-14(21)20(19-15)13-8-4-11(16)5-9-13/h2-9,19H,1H3,(H,18,21)/t15-/m1/s1. The van der Waals surface area contributed by atoms with Crippen LogP contribution < -0.4 is 15.8 Å². The zero-order valence-electron chi connectivity index (χ0n) is 11.2. The van der Waals surface area contributed by atoms with Crippen molar-refractivity contribution < 1.29 is 4.39 Å². The lowest BCUT2D eigenvalue weighted by Gasteiger charge is -2.26. The fourth-order valence-corrected chi connectivity index (χ4v) is 2.88. The fourth-order valence-electron chi connectivity index (χ4n) is 2.26. The summed E-state index contributed by atoms with van der Waals surface area (Å²) < 4.78 is 14.1. The Balaban J connectivity index is 1.89. The molecule has 0 spiro atoms. The van der Waals surface area contributed by atoms with Crippen molar-refractivity contribution >= 4 is 38.9 Å². The molecule has 0 aromatic heterocycles. The summed E-state index contributed by atoms with van der Waals surface area (Å²) in [6, 6.07) is 14.2. The highest BCUT2D eigenvalue weighted by atomic mass is 79.9. The Morgan fingerprint density at radius 1 is 1.10 bits per heavy atom. The Bertz CT molecular complexity index is 674. The van der Waals surface area contributed by atoms with E-state index in [4.69, 9.17) is 12.2 Å². The van der Waals surface area contributed by atoms with Gasteiger partial charge < -0.3 is 5.32 Å². The Kier molecular flexibility index (Phi) is 3.69. The van der Waals surface area contributed by atoms with E-state index in [-0.39, 0.29) is 5.82 Å². The third-order valence-electron chi connectivity index (χ3n) is 3.40. The maximum atomic E-state index is 13.1. The predicted octanol–water partition coefficient (Wildman–Crippen LogP) is 3.66. The van der Waals surface area contributed by atoms with E-state index in [1.807, 2.05) is 36.2 Å². The van der Waals surface area contributed by atoms with E-state index in [1.165, 1.54) is 12.1 Å². The second-order valence-corrected chi connectivity index (χ2v) is 6.29. The first-order chi connectivity index (χ1) is 9.98. The van der Waals surface area contributed by atoms with Crippen molar-refractivity contribution in [3.63, 3.8) is 0 Å². The van der Waals surface area contributed by atoms with Gasteiger partial charge in [0.05, 0.1) is 5.69 Å². The lowest BCUT2D eigenvalue weighted by Crippen LogP contribution is -2.45. The molecule has 1 atom stereocenters. The Labute approximate surface area is 136 Å². The number of halogens is 2. The van der Waals surface area contributed by atoms with Gasteiger partial charge in [0.2, 0.25) is 0 Å². The van der Waals surface area contributed by atoms with Gasteiger partial charge in [0, 0.05) is 4.47 Å². The van der Waals surface area contributed by atoms with Crippen molar-refractivity contribution in [3.8, 4) is 0 Å². The quantitative estimate of drug-likeness (QED) is 0.794. The van der Waals surface area contributed by atoms with E-state index in [0.29, 0.717) is 5.11 Å². The number of thiocarbonyl (C=S) groups is 1. The summed E-state index contributed by atoms with van der Waals surface area (Å²) in [4.78, 5) is 0. The van der Waals surface area contributed by atoms with Crippen molar-refractivity contribution in [3.05, 3.63) is 64.4 Å². The third-order valence-corrected chi connectivity index (χ3v) is 4.22. The number of rotatable bonds is 2. The van der Waals surface area contributed by atoms with E-state index in [2.05, 4.69) is 26.7 Å². The molecule has 0 aliphatic carbocycles. The van der Waals surface area contributed by atoms with Crippen LogP contribution in [0.2, 0.25) is 0 Å². The molecular formula is C15H13BrFN3S. The van der Waals surface area contributed by atoms with Gasteiger partial charge in [-0.3, -0.25) is 0 Å². The van der Waals surface area contributed by atoms with Crippen LogP contribution in [0.25, 0.3) is 0 Å². The minimum Gasteiger partial charge on any atom is -0.338 e. The van der Waals surface area contributed by atoms with Crippen LogP contribution >= 0.6 is 28.1 Å². The number of hydrogen-bond acceptors (Lipinski definition) is 2. The smallest absolute Gasteiger partial charge is 0.190 e. The van der Waals surface area contributed by atoms with Crippen LogP contribution in [0.1, 0.15) is 12.5 Å². The molecule has 0 bridgehead atoms. The molecule has 0 unspecified atom stereocenters. The molecule has 21 heavy (non-hydrogen) atoms. The van der Waals surface area contributed by atoms with Crippen molar-refractivity contribution in [1.82, 2.24) is 10.7 Å². The summed E-state index contributed by atoms with van der Waals surface area (Å²) in [6.07, 6.45) is 0. The molecule has 2 aromatic rings. The number of benzene rings is 2. The average Bonchev–Trinajstić information content (AvgIpc) is 2.77. The number of anilines is 1. The van der Waals surface area contributed by atoms with Gasteiger partial charge in [0.15, 0.2) is 5.11 Å². The van der Waals surface area contributed by atoms with Gasteiger partial charge in [0.25, 0.3) is 0 Å². The minimum atomic E-state index is -0.572. The van der Waals surface area contributed by atoms with Crippen molar-refractivity contribution in [2.75, 3.05) is 5.01 Å². The minimum absolute atomic E-state index is 0.257. The lowest BCUT2D eigenvalue weighted by molar-refractivity contribution is 0.389. The number of nitrogens with one attached hydrogen (secondary N) is 2. The van der Waals surface area contributed by atoms with Crippen LogP contribution in [0.5, 0.6) is 0 Å². The van der Waals surface area contributed by atoms with Gasteiger partial charge in [0.1, 0.15) is 11.5 Å². The van der Waals surface area contributed by atoms with Crippen LogP contribution in [0.4, 0.5) is 10.1 Å². The molecule has 3 rings (SSSR count). The van der Waals surface area contributed by atoms with E-state index in [1.54, 1.807) is 12.1 Å². The zero-order valence-corrected chi connectivity index (χ0v) is 13.6. The number of hydrazine groups is 1. The van der Waals surface area contributed by atoms with Gasteiger partial charge in [-0.1, -0.05) is 28.1 Å². The van der Waals surface area contributed by atoms with Crippen LogP contribution in [-0.4, -0.2) is 5.11 Å². The topological polar surface area (TPSA) is 27.3 Å². The first-order valence-corrected chi connectivity index (χ1v) is 7.60. The molecule has 0 radical (unpaired) electrons. The van der Waals surface area contributed by atoms with E-state index < -0.39 is 5.66 Å². The van der Waals surface area contributed by atoms with Crippen molar-refractivity contribution in [1.29, 1.82) is 0 Å². The normalized spacial score (nSPS) is 21.5. The summed E-state index contributed by atoms with van der Waals surface area (Å²) in [6.45, 7) is 1.96. The molecule has 6 heteroatoms. The SMILES string of the molecule is C[C@@]1(c2ccc(F)cc2)NC(=S)N(c2ccc(Br)cc2)N1. The largest absolute Gasteiger partial charge is 0.338 e. The van der Waals surface area contributed by atoms with E-state index in [0.717, 1.165) is 15.7 Å². The van der Waals surface area contributed by atoms with Gasteiger partial charge >= 0.3 is 0 Å². The van der Waals surface area contributed by atoms with E-state index >= 15 is 0 Å². The molecule has 2 N–H and O–H groups in total. The predicted molar refractivity (Wildman–Crippen MR) is 89.2 cm³/mol. The molecule has 0 saturated carbocycles. The van der Waals surface area contributed by atoms with Crippen LogP contribution in [-0.2, 0) is 5.66 Å². The van der Waals surface area contributed by atoms with Crippen LogP contribution in [0, 0.1) is 5.82 Å². The molecular weight excluding hydrogens is 353 g/mol. The molecule has 1 heterocycles. The summed E-state index contributed by atoms with van der Waals surface area (Å²) >= 11 is 8.81. The first-order valence-electron chi connectivity index (χ1n) is 6.40. The molecule has 3 nitrogen and oxygen atoms in total. The van der Waals surface area contributed by atoms with Gasteiger partial charge in [-0.05, 0) is 61.1 Å². The first kappa shape index (κ1) is 14.4. The highest BCUT2D eigenvalue weighted by molar-refractivity contribution is 9.10. The molecule has 1 aliphatic heterocycles. The molecule has 0 amide bonds. The second-order valence-electron chi connectivity index (χ2n) is 4.99. The van der Waals surface area contributed by atoms with E-state index in [9.17, 15) is 4.39 Å². The highest BCUT2D eigenvalue weighted by Crippen LogP contribution is 2.27. The molecule has 1 aliphatic rings. The number of hydrogen-bond donors (Lipinski definition) is 2. The fraction of sp³-hybridized carbons (Fsp3) is 0.133.